The molecular formula is C20H22FN5O4S. The third-order valence-corrected chi connectivity index (χ3v) is 7.26. The highest BCUT2D eigenvalue weighted by molar-refractivity contribution is 7.84. The van der Waals surface area contributed by atoms with Crippen molar-refractivity contribution in [2.75, 3.05) is 32.7 Å². The van der Waals surface area contributed by atoms with Crippen LogP contribution in [-0.4, -0.2) is 58.0 Å². The van der Waals surface area contributed by atoms with E-state index < -0.39 is 33.5 Å². The quantitative estimate of drug-likeness (QED) is 0.731. The molecule has 3 unspecified atom stereocenters. The van der Waals surface area contributed by atoms with E-state index in [0.717, 1.165) is 0 Å². The van der Waals surface area contributed by atoms with Gasteiger partial charge in [0.15, 0.2) is 0 Å². The van der Waals surface area contributed by atoms with Gasteiger partial charge in [-0.15, -0.1) is 0 Å². The van der Waals surface area contributed by atoms with Gasteiger partial charge in [0, 0.05) is 24.9 Å². The van der Waals surface area contributed by atoms with E-state index in [9.17, 15) is 13.4 Å². The van der Waals surface area contributed by atoms with E-state index in [0.29, 0.717) is 24.5 Å². The fourth-order valence-corrected chi connectivity index (χ4v) is 5.24. The van der Waals surface area contributed by atoms with Crippen LogP contribution in [-0.2, 0) is 21.3 Å². The number of amides is 1. The minimum atomic E-state index is -1.51. The number of rotatable bonds is 4. The number of aromatic nitrogens is 1. The summed E-state index contributed by atoms with van der Waals surface area (Å²) in [7, 11) is 1.58. The second-order valence-corrected chi connectivity index (χ2v) is 8.90. The highest BCUT2D eigenvalue weighted by atomic mass is 32.2. The molecule has 4 rings (SSSR count). The van der Waals surface area contributed by atoms with Gasteiger partial charge in [0.1, 0.15) is 33.8 Å². The first-order valence-corrected chi connectivity index (χ1v) is 10.7. The summed E-state index contributed by atoms with van der Waals surface area (Å²) in [6.07, 6.45) is 1.86. The molecule has 3 atom stereocenters. The summed E-state index contributed by atoms with van der Waals surface area (Å²) in [5.74, 6) is -0.455. The largest absolute Gasteiger partial charge is 0.495 e. The minimum absolute atomic E-state index is 0.0340. The zero-order valence-corrected chi connectivity index (χ0v) is 17.8. The normalized spacial score (nSPS) is 25.4. The first kappa shape index (κ1) is 21.2. The number of carbonyl (C=O) groups excluding carboxylic acids is 1. The predicted molar refractivity (Wildman–Crippen MR) is 114 cm³/mol. The van der Waals surface area contributed by atoms with Gasteiger partial charge in [-0.05, 0) is 36.8 Å². The molecule has 0 bridgehead atoms. The van der Waals surface area contributed by atoms with Crippen molar-refractivity contribution < 1.29 is 22.9 Å². The maximum Gasteiger partial charge on any atom is 0.274 e. The van der Waals surface area contributed by atoms with Crippen LogP contribution in [0.1, 0.15) is 22.5 Å². The number of nitrogens with zero attached hydrogens (tertiary/aromatic N) is 3. The second-order valence-electron chi connectivity index (χ2n) is 7.23. The van der Waals surface area contributed by atoms with Crippen molar-refractivity contribution in [2.24, 2.45) is 10.7 Å². The Morgan fingerprint density at radius 2 is 2.23 bits per heavy atom. The Labute approximate surface area is 181 Å². The van der Waals surface area contributed by atoms with Gasteiger partial charge in [-0.25, -0.2) is 18.6 Å². The van der Waals surface area contributed by atoms with Crippen LogP contribution in [0.15, 0.2) is 41.5 Å². The Morgan fingerprint density at radius 1 is 1.42 bits per heavy atom. The summed E-state index contributed by atoms with van der Waals surface area (Å²) >= 11 is 0. The number of benzene rings is 1. The monoisotopic (exact) mass is 447 g/mol. The van der Waals surface area contributed by atoms with Crippen molar-refractivity contribution in [3.8, 4) is 5.75 Å². The third-order valence-electron chi connectivity index (χ3n) is 5.42. The van der Waals surface area contributed by atoms with E-state index in [1.807, 2.05) is 0 Å². The second kappa shape index (κ2) is 8.23. The average molecular weight is 447 g/mol. The lowest BCUT2D eigenvalue weighted by atomic mass is 9.84. The number of aliphatic imine (C=N–C) groups is 1. The molecule has 1 fully saturated rings. The predicted octanol–water partition coefficient (Wildman–Crippen LogP) is 1.39. The molecule has 31 heavy (non-hydrogen) atoms. The zero-order valence-electron chi connectivity index (χ0n) is 17.0. The molecule has 164 valence electrons. The van der Waals surface area contributed by atoms with Gasteiger partial charge in [-0.3, -0.25) is 9.10 Å². The molecule has 1 amide bonds. The van der Waals surface area contributed by atoms with Crippen LogP contribution in [0.5, 0.6) is 5.75 Å². The van der Waals surface area contributed by atoms with E-state index in [2.05, 4.69) is 15.3 Å². The van der Waals surface area contributed by atoms with Crippen molar-refractivity contribution in [3.05, 3.63) is 53.6 Å². The lowest BCUT2D eigenvalue weighted by Crippen LogP contribution is -2.58. The fourth-order valence-electron chi connectivity index (χ4n) is 3.76. The van der Waals surface area contributed by atoms with Crippen LogP contribution in [0.3, 0.4) is 0 Å². The lowest BCUT2D eigenvalue weighted by Gasteiger charge is -2.45. The summed E-state index contributed by atoms with van der Waals surface area (Å²) in [4.78, 5) is 21.2. The number of nitrogens with one attached hydrogen (secondary N) is 1. The molecule has 9 nitrogen and oxygen atoms in total. The zero-order chi connectivity index (χ0) is 22.2. The number of ether oxygens (including phenoxy) is 2. The van der Waals surface area contributed by atoms with Crippen molar-refractivity contribution >= 4 is 28.5 Å². The van der Waals surface area contributed by atoms with Gasteiger partial charge in [0.25, 0.3) is 5.91 Å². The lowest BCUT2D eigenvalue weighted by molar-refractivity contribution is 0.0375. The number of halogens is 1. The van der Waals surface area contributed by atoms with Gasteiger partial charge < -0.3 is 20.5 Å². The van der Waals surface area contributed by atoms with Crippen LogP contribution in [0.2, 0.25) is 0 Å². The van der Waals surface area contributed by atoms with Gasteiger partial charge in [-0.2, -0.15) is 0 Å². The Bertz CT molecular complexity index is 1060. The Hall–Kier alpha value is -3.05. The number of guanidine groups is 1. The third kappa shape index (κ3) is 3.74. The Morgan fingerprint density at radius 3 is 2.94 bits per heavy atom. The highest BCUT2D eigenvalue weighted by Gasteiger charge is 2.52. The number of carbonyl (C=O) groups is 1. The molecule has 0 saturated carbocycles. The van der Waals surface area contributed by atoms with Crippen molar-refractivity contribution in [2.45, 2.75) is 17.2 Å². The molecular weight excluding hydrogens is 425 g/mol. The number of nitrogens with two attached hydrogens (primary N) is 1. The van der Waals surface area contributed by atoms with Gasteiger partial charge >= 0.3 is 0 Å². The van der Waals surface area contributed by atoms with E-state index in [1.165, 1.54) is 41.9 Å². The Balaban J connectivity index is 1.70. The molecule has 2 aliphatic rings. The maximum atomic E-state index is 15.0. The summed E-state index contributed by atoms with van der Waals surface area (Å²) in [6, 6.07) is 7.30. The number of hydrogen-bond acceptors (Lipinski definition) is 7. The first-order valence-electron chi connectivity index (χ1n) is 9.54. The van der Waals surface area contributed by atoms with E-state index in [4.69, 9.17) is 15.2 Å². The van der Waals surface area contributed by atoms with Crippen molar-refractivity contribution in [3.63, 3.8) is 0 Å². The molecule has 3 N–H and O–H groups in total. The summed E-state index contributed by atoms with van der Waals surface area (Å²) in [5.41, 5.74) is 5.42. The summed E-state index contributed by atoms with van der Waals surface area (Å²) in [5, 5.41) is 2.20. The standard InChI is InChI=1S/C20H22FN5O4S/c1-26-19(22)25-20(11-30-8-7-17(20)31(26)28)14-9-12(3-5-15(14)21)24-18(27)16-6-4-13(29-2)10-23-16/h3-6,9-10,17H,7-8,11H2,1-2H3,(H2,22,25)(H,24,27). The SMILES string of the molecule is COc1ccc(C(=O)Nc2ccc(F)c(C34COCCC3S(=O)N(C)C(N)=N4)c2)nc1. The van der Waals surface area contributed by atoms with Gasteiger partial charge in [-0.1, -0.05) is 0 Å². The van der Waals surface area contributed by atoms with E-state index in [-0.39, 0.29) is 23.8 Å². The molecule has 2 aromatic rings. The van der Waals surface area contributed by atoms with Crippen molar-refractivity contribution in [1.82, 2.24) is 9.29 Å². The topological polar surface area (TPSA) is 119 Å². The number of methoxy groups -OCH3 is 1. The number of anilines is 1. The summed E-state index contributed by atoms with van der Waals surface area (Å²) < 4.78 is 40.0. The molecule has 11 heteroatoms. The number of hydrogen-bond donors (Lipinski definition) is 2. The van der Waals surface area contributed by atoms with Crippen LogP contribution >= 0.6 is 0 Å². The first-order chi connectivity index (χ1) is 14.9. The molecule has 0 aliphatic carbocycles. The smallest absolute Gasteiger partial charge is 0.274 e. The Kier molecular flexibility index (Phi) is 5.63. The average Bonchev–Trinajstić information content (AvgIpc) is 2.78. The summed E-state index contributed by atoms with van der Waals surface area (Å²) in [6.45, 7) is 0.426. The van der Waals surface area contributed by atoms with E-state index in [1.54, 1.807) is 13.1 Å². The van der Waals surface area contributed by atoms with Crippen LogP contribution in [0.25, 0.3) is 0 Å². The molecule has 0 spiro atoms. The molecule has 1 aromatic carbocycles. The van der Waals surface area contributed by atoms with Gasteiger partial charge in [0.05, 0.1) is 25.2 Å². The van der Waals surface area contributed by atoms with Crippen LogP contribution < -0.4 is 15.8 Å². The molecule has 1 aromatic heterocycles. The maximum absolute atomic E-state index is 15.0. The molecule has 3 heterocycles. The minimum Gasteiger partial charge on any atom is -0.495 e. The van der Waals surface area contributed by atoms with E-state index >= 15 is 0 Å². The fraction of sp³-hybridized carbons (Fsp3) is 0.350. The number of pyridine rings is 1. The van der Waals surface area contributed by atoms with Crippen LogP contribution in [0, 0.1) is 5.82 Å². The number of fused-ring (bicyclic) bond motifs is 1. The molecule has 0 radical (unpaired) electrons. The van der Waals surface area contributed by atoms with Crippen molar-refractivity contribution in [1.29, 1.82) is 0 Å². The molecule has 1 saturated heterocycles. The molecule has 2 aliphatic heterocycles. The van der Waals surface area contributed by atoms with Crippen LogP contribution in [0.4, 0.5) is 10.1 Å². The highest BCUT2D eigenvalue weighted by Crippen LogP contribution is 2.42. The van der Waals surface area contributed by atoms with Gasteiger partial charge in [0.2, 0.25) is 5.96 Å².